The Bertz CT molecular complexity index is 233. The van der Waals surface area contributed by atoms with E-state index in [0.717, 1.165) is 32.5 Å². The van der Waals surface area contributed by atoms with Gasteiger partial charge in [0.1, 0.15) is 0 Å². The lowest BCUT2D eigenvalue weighted by molar-refractivity contribution is -0.132. The number of likely N-dealkylation sites (N-methyl/N-ethyl adjacent to an activating group) is 1. The van der Waals surface area contributed by atoms with Crippen LogP contribution in [0.25, 0.3) is 0 Å². The van der Waals surface area contributed by atoms with Crippen LogP contribution in [0, 0.1) is 5.92 Å². The minimum atomic E-state index is -0.180. The van der Waals surface area contributed by atoms with Crippen LogP contribution in [0.3, 0.4) is 0 Å². The van der Waals surface area contributed by atoms with E-state index < -0.39 is 0 Å². The van der Waals surface area contributed by atoms with Crippen molar-refractivity contribution in [3.8, 4) is 0 Å². The SMILES string of the molecule is CCC1CN(CC(=O)N(C)CC)CCC1O. The first-order valence-electron chi connectivity index (χ1n) is 6.22. The molecule has 1 N–H and O–H groups in total. The molecule has 1 aliphatic rings. The van der Waals surface area contributed by atoms with E-state index in [9.17, 15) is 9.90 Å². The van der Waals surface area contributed by atoms with Crippen molar-refractivity contribution in [2.45, 2.75) is 32.8 Å². The first-order valence-corrected chi connectivity index (χ1v) is 6.22. The summed E-state index contributed by atoms with van der Waals surface area (Å²) in [4.78, 5) is 15.6. The molecule has 0 aromatic rings. The third-order valence-electron chi connectivity index (χ3n) is 3.56. The van der Waals surface area contributed by atoms with Crippen LogP contribution in [0.1, 0.15) is 26.7 Å². The molecule has 1 fully saturated rings. The Morgan fingerprint density at radius 2 is 2.19 bits per heavy atom. The third-order valence-corrected chi connectivity index (χ3v) is 3.56. The second-order valence-corrected chi connectivity index (χ2v) is 4.67. The number of hydrogen-bond donors (Lipinski definition) is 1. The van der Waals surface area contributed by atoms with E-state index >= 15 is 0 Å². The summed E-state index contributed by atoms with van der Waals surface area (Å²) in [6.45, 7) is 7.01. The number of aliphatic hydroxyl groups is 1. The topological polar surface area (TPSA) is 43.8 Å². The van der Waals surface area contributed by atoms with Crippen molar-refractivity contribution < 1.29 is 9.90 Å². The molecule has 16 heavy (non-hydrogen) atoms. The summed E-state index contributed by atoms with van der Waals surface area (Å²) in [7, 11) is 1.83. The number of rotatable bonds is 4. The predicted molar refractivity (Wildman–Crippen MR) is 64.2 cm³/mol. The Hall–Kier alpha value is -0.610. The van der Waals surface area contributed by atoms with Crippen LogP contribution in [0.4, 0.5) is 0 Å². The Balaban J connectivity index is 2.41. The number of likely N-dealkylation sites (tertiary alicyclic amines) is 1. The Morgan fingerprint density at radius 1 is 1.50 bits per heavy atom. The predicted octanol–water partition coefficient (Wildman–Crippen LogP) is 0.557. The molecular weight excluding hydrogens is 204 g/mol. The molecule has 0 aliphatic carbocycles. The Morgan fingerprint density at radius 3 is 2.75 bits per heavy atom. The lowest BCUT2D eigenvalue weighted by Crippen LogP contribution is -2.47. The monoisotopic (exact) mass is 228 g/mol. The summed E-state index contributed by atoms with van der Waals surface area (Å²) >= 11 is 0. The van der Waals surface area contributed by atoms with Gasteiger partial charge in [0.15, 0.2) is 0 Å². The average Bonchev–Trinajstić information content (AvgIpc) is 2.30. The first-order chi connectivity index (χ1) is 7.58. The molecule has 0 aromatic carbocycles. The van der Waals surface area contributed by atoms with Gasteiger partial charge in [-0.25, -0.2) is 0 Å². The molecule has 0 bridgehead atoms. The van der Waals surface area contributed by atoms with Crippen molar-refractivity contribution in [3.05, 3.63) is 0 Å². The fraction of sp³-hybridized carbons (Fsp3) is 0.917. The standard InChI is InChI=1S/C12H24N2O2/c1-4-10-8-14(7-6-11(10)15)9-12(16)13(3)5-2/h10-11,15H,4-9H2,1-3H3. The molecule has 0 spiro atoms. The van der Waals surface area contributed by atoms with E-state index in [2.05, 4.69) is 11.8 Å². The zero-order chi connectivity index (χ0) is 12.1. The van der Waals surface area contributed by atoms with Gasteiger partial charge in [-0.3, -0.25) is 9.69 Å². The molecule has 0 saturated carbocycles. The van der Waals surface area contributed by atoms with Crippen LogP contribution in [-0.4, -0.2) is 60.1 Å². The molecule has 1 aliphatic heterocycles. The Kier molecular flexibility index (Phi) is 5.22. The minimum Gasteiger partial charge on any atom is -0.393 e. The first kappa shape index (κ1) is 13.5. The maximum Gasteiger partial charge on any atom is 0.236 e. The number of aliphatic hydroxyl groups excluding tert-OH is 1. The van der Waals surface area contributed by atoms with E-state index in [1.807, 2.05) is 14.0 Å². The highest BCUT2D eigenvalue weighted by molar-refractivity contribution is 5.77. The van der Waals surface area contributed by atoms with Gasteiger partial charge in [0.05, 0.1) is 12.6 Å². The lowest BCUT2D eigenvalue weighted by atomic mass is 9.92. The maximum absolute atomic E-state index is 11.7. The third kappa shape index (κ3) is 3.46. The molecular formula is C12H24N2O2. The highest BCUT2D eigenvalue weighted by Gasteiger charge is 2.27. The molecule has 1 saturated heterocycles. The number of carbonyl (C=O) groups excluding carboxylic acids is 1. The normalized spacial score (nSPS) is 26.8. The van der Waals surface area contributed by atoms with Crippen LogP contribution in [0.5, 0.6) is 0 Å². The second-order valence-electron chi connectivity index (χ2n) is 4.67. The fourth-order valence-electron chi connectivity index (χ4n) is 2.13. The van der Waals surface area contributed by atoms with Crippen LogP contribution in [-0.2, 0) is 4.79 Å². The molecule has 4 nitrogen and oxygen atoms in total. The summed E-state index contributed by atoms with van der Waals surface area (Å²) in [5.74, 6) is 0.502. The summed E-state index contributed by atoms with van der Waals surface area (Å²) in [5.41, 5.74) is 0. The van der Waals surface area contributed by atoms with Crippen LogP contribution in [0.2, 0.25) is 0 Å². The average molecular weight is 228 g/mol. The number of piperidine rings is 1. The maximum atomic E-state index is 11.7. The zero-order valence-corrected chi connectivity index (χ0v) is 10.6. The van der Waals surface area contributed by atoms with Gasteiger partial charge in [0.2, 0.25) is 5.91 Å². The fourth-order valence-corrected chi connectivity index (χ4v) is 2.13. The molecule has 0 radical (unpaired) electrons. The van der Waals surface area contributed by atoms with Crippen molar-refractivity contribution >= 4 is 5.91 Å². The van der Waals surface area contributed by atoms with Crippen molar-refractivity contribution in [1.29, 1.82) is 0 Å². The smallest absolute Gasteiger partial charge is 0.236 e. The number of nitrogens with zero attached hydrogens (tertiary/aromatic N) is 2. The van der Waals surface area contributed by atoms with Crippen molar-refractivity contribution in [2.24, 2.45) is 5.92 Å². The summed E-state index contributed by atoms with van der Waals surface area (Å²) < 4.78 is 0. The number of amides is 1. The summed E-state index contributed by atoms with van der Waals surface area (Å²) in [5, 5.41) is 9.75. The van der Waals surface area contributed by atoms with Crippen LogP contribution in [0.15, 0.2) is 0 Å². The molecule has 1 heterocycles. The van der Waals surface area contributed by atoms with Gasteiger partial charge in [-0.15, -0.1) is 0 Å². The van der Waals surface area contributed by atoms with E-state index in [0.29, 0.717) is 12.5 Å². The van der Waals surface area contributed by atoms with Gasteiger partial charge < -0.3 is 10.0 Å². The van der Waals surface area contributed by atoms with Gasteiger partial charge in [0.25, 0.3) is 0 Å². The summed E-state index contributed by atoms with van der Waals surface area (Å²) in [6.07, 6.45) is 1.59. The minimum absolute atomic E-state index is 0.175. The zero-order valence-electron chi connectivity index (χ0n) is 10.6. The molecule has 2 unspecified atom stereocenters. The lowest BCUT2D eigenvalue weighted by Gasteiger charge is -2.35. The van der Waals surface area contributed by atoms with E-state index in [1.54, 1.807) is 4.90 Å². The number of hydrogen-bond acceptors (Lipinski definition) is 3. The van der Waals surface area contributed by atoms with Crippen LogP contribution < -0.4 is 0 Å². The molecule has 94 valence electrons. The quantitative estimate of drug-likeness (QED) is 0.764. The highest BCUT2D eigenvalue weighted by atomic mass is 16.3. The van der Waals surface area contributed by atoms with E-state index in [4.69, 9.17) is 0 Å². The van der Waals surface area contributed by atoms with Crippen molar-refractivity contribution in [1.82, 2.24) is 9.80 Å². The molecule has 0 aromatic heterocycles. The van der Waals surface area contributed by atoms with Crippen molar-refractivity contribution in [2.75, 3.05) is 33.2 Å². The van der Waals surface area contributed by atoms with E-state index in [-0.39, 0.29) is 12.0 Å². The largest absolute Gasteiger partial charge is 0.393 e. The molecule has 1 amide bonds. The van der Waals surface area contributed by atoms with Gasteiger partial charge in [-0.2, -0.15) is 0 Å². The van der Waals surface area contributed by atoms with Gasteiger partial charge in [-0.05, 0) is 25.7 Å². The van der Waals surface area contributed by atoms with E-state index in [1.165, 1.54) is 0 Å². The van der Waals surface area contributed by atoms with Gasteiger partial charge >= 0.3 is 0 Å². The highest BCUT2D eigenvalue weighted by Crippen LogP contribution is 2.19. The molecule has 2 atom stereocenters. The van der Waals surface area contributed by atoms with Gasteiger partial charge in [0, 0.05) is 26.7 Å². The summed E-state index contributed by atoms with van der Waals surface area (Å²) in [6, 6.07) is 0. The Labute approximate surface area is 98.2 Å². The molecule has 4 heteroatoms. The van der Waals surface area contributed by atoms with Crippen LogP contribution >= 0.6 is 0 Å². The second kappa shape index (κ2) is 6.21. The molecule has 1 rings (SSSR count). The van der Waals surface area contributed by atoms with Crippen molar-refractivity contribution in [3.63, 3.8) is 0 Å². The number of carbonyl (C=O) groups is 1. The van der Waals surface area contributed by atoms with Gasteiger partial charge in [-0.1, -0.05) is 6.92 Å².